The predicted molar refractivity (Wildman–Crippen MR) is 118 cm³/mol. The Bertz CT molecular complexity index is 682. The lowest BCUT2D eigenvalue weighted by Crippen LogP contribution is -2.29. The van der Waals surface area contributed by atoms with Gasteiger partial charge in [0.1, 0.15) is 27.4 Å². The van der Waals surface area contributed by atoms with Gasteiger partial charge in [-0.1, -0.05) is 32.9 Å². The smallest absolute Gasteiger partial charge is 0.163 e. The van der Waals surface area contributed by atoms with Crippen LogP contribution in [0.2, 0.25) is 18.1 Å². The van der Waals surface area contributed by atoms with Crippen LogP contribution >= 0.6 is 0 Å². The third-order valence-electron chi connectivity index (χ3n) is 5.49. The van der Waals surface area contributed by atoms with E-state index in [0.717, 1.165) is 18.1 Å². The second-order valence-corrected chi connectivity index (χ2v) is 13.0. The molecular formula is C23H36O5Si. The predicted octanol–water partition coefficient (Wildman–Crippen LogP) is 4.40. The standard InChI is InChI=1S/C23H36O5Si/c1-6-29(7-2,8-3)15-11-12-19(24)16-25-21-13-9-10-14-22(21)26-17-20-18-27-23(4,5)28-20/h9-10,13-14,19-20,24H,6-8,12,16-18H2,1-5H3/t19-,20-/m0/s1. The van der Waals surface area contributed by atoms with Gasteiger partial charge in [0.25, 0.3) is 0 Å². The van der Waals surface area contributed by atoms with E-state index in [0.29, 0.717) is 31.1 Å². The summed E-state index contributed by atoms with van der Waals surface area (Å²) in [4.78, 5) is 0. The highest BCUT2D eigenvalue weighted by atomic mass is 28.3. The summed E-state index contributed by atoms with van der Waals surface area (Å²) < 4.78 is 23.0. The molecule has 1 aromatic carbocycles. The van der Waals surface area contributed by atoms with Crippen LogP contribution in [0.3, 0.4) is 0 Å². The van der Waals surface area contributed by atoms with Crippen LogP contribution < -0.4 is 9.47 Å². The quantitative estimate of drug-likeness (QED) is 0.449. The van der Waals surface area contributed by atoms with E-state index >= 15 is 0 Å². The molecule has 2 atom stereocenters. The van der Waals surface area contributed by atoms with Crippen molar-refractivity contribution in [1.82, 2.24) is 0 Å². The van der Waals surface area contributed by atoms with Crippen LogP contribution in [0.4, 0.5) is 0 Å². The molecule has 0 unspecified atom stereocenters. The van der Waals surface area contributed by atoms with Gasteiger partial charge in [-0.15, -0.1) is 11.5 Å². The lowest BCUT2D eigenvalue weighted by atomic mass is 10.3. The molecule has 1 N–H and O–H groups in total. The van der Waals surface area contributed by atoms with Gasteiger partial charge in [-0.3, -0.25) is 0 Å². The van der Waals surface area contributed by atoms with Crippen LogP contribution in [-0.2, 0) is 9.47 Å². The van der Waals surface area contributed by atoms with Crippen LogP contribution in [0.15, 0.2) is 24.3 Å². The van der Waals surface area contributed by atoms with Crippen molar-refractivity contribution in [2.75, 3.05) is 19.8 Å². The average molecular weight is 421 g/mol. The molecule has 1 aliphatic rings. The number of hydrogen-bond acceptors (Lipinski definition) is 5. The van der Waals surface area contributed by atoms with Crippen molar-refractivity contribution in [1.29, 1.82) is 0 Å². The molecule has 5 nitrogen and oxygen atoms in total. The number of para-hydroxylation sites is 2. The van der Waals surface area contributed by atoms with Gasteiger partial charge in [-0.05, 0) is 44.1 Å². The Balaban J connectivity index is 1.85. The number of ether oxygens (including phenoxy) is 4. The van der Waals surface area contributed by atoms with Crippen molar-refractivity contribution in [3.8, 4) is 23.0 Å². The van der Waals surface area contributed by atoms with E-state index < -0.39 is 20.0 Å². The lowest BCUT2D eigenvalue weighted by Gasteiger charge is -2.20. The minimum absolute atomic E-state index is 0.112. The van der Waals surface area contributed by atoms with Crippen molar-refractivity contribution in [2.24, 2.45) is 0 Å². The first kappa shape index (κ1) is 23.8. The van der Waals surface area contributed by atoms with E-state index in [-0.39, 0.29) is 12.7 Å². The topological polar surface area (TPSA) is 57.2 Å². The number of aliphatic hydroxyl groups is 1. The number of benzene rings is 1. The van der Waals surface area contributed by atoms with Crippen molar-refractivity contribution < 1.29 is 24.1 Å². The summed E-state index contributed by atoms with van der Waals surface area (Å²) in [6.07, 6.45) is -0.306. The van der Waals surface area contributed by atoms with E-state index in [9.17, 15) is 5.11 Å². The van der Waals surface area contributed by atoms with E-state index in [1.165, 1.54) is 0 Å². The SMILES string of the molecule is CC[Si](C#CC[C@H](O)COc1ccccc1OC[C@H]1COC(C)(C)O1)(CC)CC. The Morgan fingerprint density at radius 1 is 1.14 bits per heavy atom. The molecule has 2 rings (SSSR count). The minimum Gasteiger partial charge on any atom is -0.487 e. The molecule has 1 saturated heterocycles. The minimum atomic E-state index is -1.47. The van der Waals surface area contributed by atoms with E-state index in [4.69, 9.17) is 18.9 Å². The van der Waals surface area contributed by atoms with Crippen molar-refractivity contribution >= 4 is 8.07 Å². The van der Waals surface area contributed by atoms with Gasteiger partial charge in [0.15, 0.2) is 17.3 Å². The number of rotatable bonds is 10. The molecule has 0 radical (unpaired) electrons. The fourth-order valence-corrected chi connectivity index (χ4v) is 5.84. The van der Waals surface area contributed by atoms with Gasteiger partial charge in [-0.25, -0.2) is 0 Å². The van der Waals surface area contributed by atoms with Gasteiger partial charge >= 0.3 is 0 Å². The second kappa shape index (κ2) is 11.0. The molecule has 0 aliphatic carbocycles. The van der Waals surface area contributed by atoms with Crippen LogP contribution in [0.1, 0.15) is 41.0 Å². The zero-order valence-electron chi connectivity index (χ0n) is 18.5. The Morgan fingerprint density at radius 3 is 2.31 bits per heavy atom. The highest BCUT2D eigenvalue weighted by Crippen LogP contribution is 2.28. The summed E-state index contributed by atoms with van der Waals surface area (Å²) in [7, 11) is -1.47. The Hall–Kier alpha value is -1.52. The molecule has 0 bridgehead atoms. The van der Waals surface area contributed by atoms with E-state index in [2.05, 4.69) is 32.2 Å². The highest BCUT2D eigenvalue weighted by molar-refractivity contribution is 6.87. The van der Waals surface area contributed by atoms with Crippen LogP contribution in [0.5, 0.6) is 11.5 Å². The molecule has 0 amide bonds. The Kier molecular flexibility index (Phi) is 9.03. The van der Waals surface area contributed by atoms with Crippen LogP contribution in [0.25, 0.3) is 0 Å². The third-order valence-corrected chi connectivity index (χ3v) is 10.3. The molecule has 0 saturated carbocycles. The molecular weight excluding hydrogens is 384 g/mol. The summed E-state index contributed by atoms with van der Waals surface area (Å²) in [5.74, 6) is 3.89. The molecule has 0 aromatic heterocycles. The first-order chi connectivity index (χ1) is 13.8. The van der Waals surface area contributed by atoms with Crippen molar-refractivity contribution in [2.45, 2.75) is 77.2 Å². The molecule has 1 aliphatic heterocycles. The largest absolute Gasteiger partial charge is 0.487 e. The van der Waals surface area contributed by atoms with Crippen LogP contribution in [-0.4, -0.2) is 51.0 Å². The third kappa shape index (κ3) is 7.34. The molecule has 29 heavy (non-hydrogen) atoms. The summed E-state index contributed by atoms with van der Waals surface area (Å²) in [6.45, 7) is 11.5. The number of aliphatic hydroxyl groups excluding tert-OH is 1. The van der Waals surface area contributed by atoms with Crippen molar-refractivity contribution in [3.05, 3.63) is 24.3 Å². The van der Waals surface area contributed by atoms with E-state index in [1.807, 2.05) is 38.1 Å². The van der Waals surface area contributed by atoms with Crippen molar-refractivity contribution in [3.63, 3.8) is 0 Å². The lowest BCUT2D eigenvalue weighted by molar-refractivity contribution is -0.141. The Labute approximate surface area is 176 Å². The zero-order valence-corrected chi connectivity index (χ0v) is 19.5. The maximum Gasteiger partial charge on any atom is 0.163 e. The summed E-state index contributed by atoms with van der Waals surface area (Å²) in [5.41, 5.74) is 3.50. The monoisotopic (exact) mass is 420 g/mol. The van der Waals surface area contributed by atoms with Gasteiger partial charge in [-0.2, -0.15) is 0 Å². The normalized spacial score (nSPS) is 19.3. The maximum absolute atomic E-state index is 10.3. The number of hydrogen-bond donors (Lipinski definition) is 1. The van der Waals surface area contributed by atoms with Gasteiger partial charge in [0.2, 0.25) is 0 Å². The summed E-state index contributed by atoms with van der Waals surface area (Å²) in [5, 5.41) is 10.3. The molecule has 162 valence electrons. The molecule has 1 aromatic rings. The zero-order chi connectivity index (χ0) is 21.3. The first-order valence-electron chi connectivity index (χ1n) is 10.7. The van der Waals surface area contributed by atoms with Gasteiger partial charge in [0.05, 0.1) is 12.7 Å². The highest BCUT2D eigenvalue weighted by Gasteiger charge is 2.33. The fraction of sp³-hybridized carbons (Fsp3) is 0.652. The molecule has 1 fully saturated rings. The van der Waals surface area contributed by atoms with Gasteiger partial charge in [0, 0.05) is 6.42 Å². The Morgan fingerprint density at radius 2 is 1.76 bits per heavy atom. The summed E-state index contributed by atoms with van der Waals surface area (Å²) >= 11 is 0. The van der Waals surface area contributed by atoms with Gasteiger partial charge < -0.3 is 24.1 Å². The maximum atomic E-state index is 10.3. The van der Waals surface area contributed by atoms with Crippen LogP contribution in [0, 0.1) is 11.5 Å². The molecule has 6 heteroatoms. The summed E-state index contributed by atoms with van der Waals surface area (Å²) in [6, 6.07) is 11.0. The molecule has 0 spiro atoms. The fourth-order valence-electron chi connectivity index (χ4n) is 3.33. The molecule has 1 heterocycles. The first-order valence-corrected chi connectivity index (χ1v) is 13.3. The van der Waals surface area contributed by atoms with E-state index in [1.54, 1.807) is 0 Å². The average Bonchev–Trinajstić information content (AvgIpc) is 3.08. The second-order valence-electron chi connectivity index (χ2n) is 8.02.